The van der Waals surface area contributed by atoms with E-state index in [0.717, 1.165) is 44.2 Å². The molecule has 1 fully saturated rings. The number of amides is 1. The van der Waals surface area contributed by atoms with Gasteiger partial charge in [0.05, 0.1) is 11.7 Å². The predicted molar refractivity (Wildman–Crippen MR) is 84.5 cm³/mol. The van der Waals surface area contributed by atoms with Crippen LogP contribution >= 0.6 is 0 Å². The van der Waals surface area contributed by atoms with Gasteiger partial charge in [0.2, 0.25) is 5.91 Å². The van der Waals surface area contributed by atoms with Crippen molar-refractivity contribution < 1.29 is 4.79 Å². The molecule has 1 saturated carbocycles. The van der Waals surface area contributed by atoms with Crippen molar-refractivity contribution in [2.75, 3.05) is 0 Å². The van der Waals surface area contributed by atoms with Gasteiger partial charge in [0.25, 0.3) is 5.56 Å². The topological polar surface area (TPSA) is 64.0 Å². The number of aromatic nitrogens is 2. The minimum atomic E-state index is -0.0323. The molecule has 0 atom stereocenters. The SMILES string of the molecule is Cc1ccc(=O)n(C2CCC(NC(=O)C3CC=CC3)CC2)n1. The minimum absolute atomic E-state index is 0.0323. The highest BCUT2D eigenvalue weighted by molar-refractivity contribution is 5.79. The maximum atomic E-state index is 12.1. The van der Waals surface area contributed by atoms with Crippen molar-refractivity contribution in [3.63, 3.8) is 0 Å². The Hall–Kier alpha value is -1.91. The second kappa shape index (κ2) is 6.46. The molecule has 0 aromatic carbocycles. The Balaban J connectivity index is 1.55. The summed E-state index contributed by atoms with van der Waals surface area (Å²) in [4.78, 5) is 24.1. The molecule has 2 aliphatic rings. The van der Waals surface area contributed by atoms with E-state index < -0.39 is 0 Å². The van der Waals surface area contributed by atoms with E-state index in [2.05, 4.69) is 22.6 Å². The van der Waals surface area contributed by atoms with Gasteiger partial charge in [0.15, 0.2) is 0 Å². The Bertz CT molecular complexity index is 619. The molecule has 118 valence electrons. The molecule has 5 heteroatoms. The fourth-order valence-corrected chi connectivity index (χ4v) is 3.40. The number of aryl methyl sites for hydroxylation is 1. The second-order valence-electron chi connectivity index (χ2n) is 6.41. The van der Waals surface area contributed by atoms with E-state index in [4.69, 9.17) is 0 Å². The molecule has 1 heterocycles. The molecule has 1 amide bonds. The lowest BCUT2D eigenvalue weighted by molar-refractivity contribution is -0.125. The fourth-order valence-electron chi connectivity index (χ4n) is 3.40. The van der Waals surface area contributed by atoms with Crippen LogP contribution in [-0.2, 0) is 4.79 Å². The number of rotatable bonds is 3. The lowest BCUT2D eigenvalue weighted by Gasteiger charge is -2.30. The Kier molecular flexibility index (Phi) is 4.41. The predicted octanol–water partition coefficient (Wildman–Crippen LogP) is 2.12. The molecule has 0 bridgehead atoms. The van der Waals surface area contributed by atoms with E-state index in [1.165, 1.54) is 0 Å². The molecule has 1 aromatic rings. The van der Waals surface area contributed by atoms with Gasteiger partial charge in [-0.15, -0.1) is 0 Å². The molecule has 0 aliphatic heterocycles. The molecule has 3 rings (SSSR count). The summed E-state index contributed by atoms with van der Waals surface area (Å²) in [6.45, 7) is 1.90. The van der Waals surface area contributed by atoms with E-state index in [1.54, 1.807) is 16.8 Å². The Morgan fingerprint density at radius 3 is 2.55 bits per heavy atom. The summed E-state index contributed by atoms with van der Waals surface area (Å²) in [7, 11) is 0. The Labute approximate surface area is 130 Å². The Morgan fingerprint density at radius 1 is 1.18 bits per heavy atom. The van der Waals surface area contributed by atoms with Crippen LogP contribution in [0.4, 0.5) is 0 Å². The highest BCUT2D eigenvalue weighted by atomic mass is 16.2. The van der Waals surface area contributed by atoms with Crippen molar-refractivity contribution in [3.05, 3.63) is 40.3 Å². The average molecular weight is 301 g/mol. The molecule has 1 N–H and O–H groups in total. The van der Waals surface area contributed by atoms with E-state index in [9.17, 15) is 9.59 Å². The van der Waals surface area contributed by atoms with Crippen molar-refractivity contribution in [3.8, 4) is 0 Å². The van der Waals surface area contributed by atoms with Gasteiger partial charge in [0, 0.05) is 18.0 Å². The van der Waals surface area contributed by atoms with Gasteiger partial charge in [-0.2, -0.15) is 5.10 Å². The zero-order valence-corrected chi connectivity index (χ0v) is 13.0. The molecule has 0 unspecified atom stereocenters. The van der Waals surface area contributed by atoms with E-state index in [-0.39, 0.29) is 29.5 Å². The summed E-state index contributed by atoms with van der Waals surface area (Å²) in [5, 5.41) is 7.53. The molecule has 1 aromatic heterocycles. The lowest BCUT2D eigenvalue weighted by Crippen LogP contribution is -2.41. The summed E-state index contributed by atoms with van der Waals surface area (Å²) in [6, 6.07) is 3.74. The van der Waals surface area contributed by atoms with Crippen LogP contribution in [0, 0.1) is 12.8 Å². The average Bonchev–Trinajstić information content (AvgIpc) is 3.05. The van der Waals surface area contributed by atoms with Crippen molar-refractivity contribution in [1.82, 2.24) is 15.1 Å². The molecule has 0 spiro atoms. The molecular weight excluding hydrogens is 278 g/mol. The molecule has 5 nitrogen and oxygen atoms in total. The monoisotopic (exact) mass is 301 g/mol. The van der Waals surface area contributed by atoms with Gasteiger partial charge in [-0.05, 0) is 51.5 Å². The van der Waals surface area contributed by atoms with E-state index in [0.29, 0.717) is 0 Å². The lowest BCUT2D eigenvalue weighted by atomic mass is 9.90. The number of nitrogens with one attached hydrogen (secondary N) is 1. The van der Waals surface area contributed by atoms with Crippen molar-refractivity contribution in [2.45, 2.75) is 57.5 Å². The van der Waals surface area contributed by atoms with Crippen molar-refractivity contribution >= 4 is 5.91 Å². The third-order valence-electron chi connectivity index (χ3n) is 4.73. The third-order valence-corrected chi connectivity index (χ3v) is 4.73. The third kappa shape index (κ3) is 3.29. The first-order chi connectivity index (χ1) is 10.6. The summed E-state index contributed by atoms with van der Waals surface area (Å²) < 4.78 is 1.62. The van der Waals surface area contributed by atoms with Gasteiger partial charge in [-0.3, -0.25) is 9.59 Å². The molecule has 22 heavy (non-hydrogen) atoms. The van der Waals surface area contributed by atoms with Gasteiger partial charge in [-0.1, -0.05) is 12.2 Å². The first-order valence-electron chi connectivity index (χ1n) is 8.15. The maximum Gasteiger partial charge on any atom is 0.267 e. The molecule has 0 saturated heterocycles. The fraction of sp³-hybridized carbons (Fsp3) is 0.588. The van der Waals surface area contributed by atoms with Crippen LogP contribution in [0.5, 0.6) is 0 Å². The van der Waals surface area contributed by atoms with Gasteiger partial charge < -0.3 is 5.32 Å². The summed E-state index contributed by atoms with van der Waals surface area (Å²) in [5.74, 6) is 0.304. The maximum absolute atomic E-state index is 12.1. The zero-order chi connectivity index (χ0) is 15.5. The van der Waals surface area contributed by atoms with E-state index >= 15 is 0 Å². The van der Waals surface area contributed by atoms with Gasteiger partial charge in [0.1, 0.15) is 0 Å². The number of carbonyl (C=O) groups is 1. The number of nitrogens with zero attached hydrogens (tertiary/aromatic N) is 2. The summed E-state index contributed by atoms with van der Waals surface area (Å²) >= 11 is 0. The van der Waals surface area contributed by atoms with Crippen LogP contribution < -0.4 is 10.9 Å². The van der Waals surface area contributed by atoms with Crippen LogP contribution in [0.25, 0.3) is 0 Å². The van der Waals surface area contributed by atoms with Gasteiger partial charge >= 0.3 is 0 Å². The Morgan fingerprint density at radius 2 is 1.86 bits per heavy atom. The van der Waals surface area contributed by atoms with Gasteiger partial charge in [-0.25, -0.2) is 4.68 Å². The van der Waals surface area contributed by atoms with Crippen LogP contribution in [0.15, 0.2) is 29.1 Å². The zero-order valence-electron chi connectivity index (χ0n) is 13.0. The highest BCUT2D eigenvalue weighted by Crippen LogP contribution is 2.27. The highest BCUT2D eigenvalue weighted by Gasteiger charge is 2.27. The normalized spacial score (nSPS) is 25.3. The first kappa shape index (κ1) is 15.0. The van der Waals surface area contributed by atoms with Crippen LogP contribution in [0.2, 0.25) is 0 Å². The number of carbonyl (C=O) groups excluding carboxylic acids is 1. The molecule has 0 radical (unpaired) electrons. The van der Waals surface area contributed by atoms with Crippen LogP contribution in [-0.4, -0.2) is 21.7 Å². The van der Waals surface area contributed by atoms with Crippen molar-refractivity contribution in [2.24, 2.45) is 5.92 Å². The smallest absolute Gasteiger partial charge is 0.267 e. The summed E-state index contributed by atoms with van der Waals surface area (Å²) in [5.41, 5.74) is 0.832. The largest absolute Gasteiger partial charge is 0.353 e. The number of hydrogen-bond donors (Lipinski definition) is 1. The molecule has 2 aliphatic carbocycles. The van der Waals surface area contributed by atoms with Crippen LogP contribution in [0.1, 0.15) is 50.3 Å². The minimum Gasteiger partial charge on any atom is -0.353 e. The second-order valence-corrected chi connectivity index (χ2v) is 6.41. The van der Waals surface area contributed by atoms with Crippen LogP contribution in [0.3, 0.4) is 0 Å². The number of hydrogen-bond acceptors (Lipinski definition) is 3. The summed E-state index contributed by atoms with van der Waals surface area (Å²) in [6.07, 6.45) is 9.51. The van der Waals surface area contributed by atoms with Crippen molar-refractivity contribution in [1.29, 1.82) is 0 Å². The first-order valence-corrected chi connectivity index (χ1v) is 8.15. The molecular formula is C17H23N3O2. The number of allylic oxidation sites excluding steroid dienone is 2. The van der Waals surface area contributed by atoms with E-state index in [1.807, 2.05) is 6.92 Å². The quantitative estimate of drug-likeness (QED) is 0.870. The standard InChI is InChI=1S/C17H23N3O2/c1-12-6-11-16(21)20(19-12)15-9-7-14(8-10-15)18-17(22)13-4-2-3-5-13/h2-3,6,11,13-15H,4-5,7-10H2,1H3,(H,18,22).